The molecule has 0 saturated heterocycles. The summed E-state index contributed by atoms with van der Waals surface area (Å²) in [6.45, 7) is 0. The lowest BCUT2D eigenvalue weighted by molar-refractivity contribution is 0.0214. The van der Waals surface area contributed by atoms with Crippen LogP contribution in [0.5, 0.6) is 5.88 Å². The molecule has 5 nitrogen and oxygen atoms in total. The Morgan fingerprint density at radius 1 is 1.62 bits per heavy atom. The fraction of sp³-hybridized carbons (Fsp3) is 0.400. The maximum absolute atomic E-state index is 9.67. The van der Waals surface area contributed by atoms with Crippen LogP contribution in [-0.4, -0.2) is 28.4 Å². The van der Waals surface area contributed by atoms with Crippen molar-refractivity contribution in [2.24, 2.45) is 0 Å². The van der Waals surface area contributed by atoms with Gasteiger partial charge in [-0.2, -0.15) is 5.26 Å². The summed E-state index contributed by atoms with van der Waals surface area (Å²) in [4.78, 5) is 3.85. The summed E-state index contributed by atoms with van der Waals surface area (Å²) >= 11 is 5.81. The van der Waals surface area contributed by atoms with Crippen LogP contribution >= 0.6 is 11.6 Å². The molecule has 0 aromatic carbocycles. The number of pyridine rings is 1. The third-order valence-corrected chi connectivity index (χ3v) is 2.30. The zero-order valence-corrected chi connectivity index (χ0v) is 9.35. The van der Waals surface area contributed by atoms with Crippen LogP contribution in [0.4, 0.5) is 0 Å². The topological polar surface area (TPSA) is 86.4 Å². The molecule has 0 amide bonds. The van der Waals surface area contributed by atoms with E-state index in [1.807, 2.05) is 0 Å². The minimum atomic E-state index is -1.18. The van der Waals surface area contributed by atoms with Crippen molar-refractivity contribution in [3.63, 3.8) is 0 Å². The molecule has 0 saturated carbocycles. The highest BCUT2D eigenvalue weighted by Crippen LogP contribution is 2.26. The molecule has 2 atom stereocenters. The molecular formula is C10H11ClN2O3. The second kappa shape index (κ2) is 5.66. The number of hydrogen-bond donors (Lipinski definition) is 2. The summed E-state index contributed by atoms with van der Waals surface area (Å²) in [6, 6.07) is 3.21. The number of nitrogens with zero attached hydrogens (tertiary/aromatic N) is 2. The maximum Gasteiger partial charge on any atom is 0.232 e. The van der Waals surface area contributed by atoms with E-state index in [0.29, 0.717) is 5.56 Å². The van der Waals surface area contributed by atoms with Gasteiger partial charge in [-0.1, -0.05) is 11.6 Å². The molecule has 0 aliphatic carbocycles. The molecule has 0 spiro atoms. The molecule has 2 N–H and O–H groups in total. The first-order chi connectivity index (χ1) is 7.60. The molecule has 0 aliphatic rings. The van der Waals surface area contributed by atoms with Crippen molar-refractivity contribution in [2.45, 2.75) is 18.6 Å². The van der Waals surface area contributed by atoms with E-state index in [4.69, 9.17) is 21.6 Å². The summed E-state index contributed by atoms with van der Waals surface area (Å²) in [7, 11) is 1.43. The van der Waals surface area contributed by atoms with Crippen LogP contribution in [0, 0.1) is 11.3 Å². The fourth-order valence-electron chi connectivity index (χ4n) is 1.18. The summed E-state index contributed by atoms with van der Waals surface area (Å²) in [5.41, 5.74) is 0.341. The standard InChI is InChI=1S/C10H11ClN2O3/c1-16-10-7(11)4-6(5-13-10)9(15)8(14)2-3-12/h4-5,8-9,14-15H,2H2,1H3. The lowest BCUT2D eigenvalue weighted by atomic mass is 10.0. The largest absolute Gasteiger partial charge is 0.480 e. The Morgan fingerprint density at radius 2 is 2.31 bits per heavy atom. The van der Waals surface area contributed by atoms with Gasteiger partial charge in [-0.05, 0) is 6.07 Å². The Balaban J connectivity index is 2.89. The zero-order valence-electron chi connectivity index (χ0n) is 8.59. The summed E-state index contributed by atoms with van der Waals surface area (Å²) in [5.74, 6) is 0.243. The number of ether oxygens (including phenoxy) is 1. The summed E-state index contributed by atoms with van der Waals surface area (Å²) in [6.07, 6.45) is -1.16. The van der Waals surface area contributed by atoms with Crippen LogP contribution in [0.25, 0.3) is 0 Å². The van der Waals surface area contributed by atoms with E-state index in [1.165, 1.54) is 19.4 Å². The lowest BCUT2D eigenvalue weighted by Gasteiger charge is -2.15. The third-order valence-electron chi connectivity index (χ3n) is 2.03. The molecule has 1 heterocycles. The molecular weight excluding hydrogens is 232 g/mol. The molecule has 0 fully saturated rings. The van der Waals surface area contributed by atoms with Gasteiger partial charge in [0.2, 0.25) is 5.88 Å². The van der Waals surface area contributed by atoms with Gasteiger partial charge < -0.3 is 14.9 Å². The number of halogens is 1. The average molecular weight is 243 g/mol. The van der Waals surface area contributed by atoms with Crippen molar-refractivity contribution in [3.8, 4) is 11.9 Å². The van der Waals surface area contributed by atoms with Crippen molar-refractivity contribution in [2.75, 3.05) is 7.11 Å². The predicted octanol–water partition coefficient (Wildman–Crippen LogP) is 1.05. The highest BCUT2D eigenvalue weighted by Gasteiger charge is 2.19. The van der Waals surface area contributed by atoms with Gasteiger partial charge in [0.1, 0.15) is 11.1 Å². The fourth-order valence-corrected chi connectivity index (χ4v) is 1.43. The second-order valence-electron chi connectivity index (χ2n) is 3.13. The summed E-state index contributed by atoms with van der Waals surface area (Å²) in [5, 5.41) is 27.7. The quantitative estimate of drug-likeness (QED) is 0.824. The smallest absolute Gasteiger partial charge is 0.232 e. The third kappa shape index (κ3) is 2.83. The van der Waals surface area contributed by atoms with Gasteiger partial charge in [0, 0.05) is 11.8 Å². The Hall–Kier alpha value is -1.35. The minimum absolute atomic E-state index is 0.162. The molecule has 0 bridgehead atoms. The highest BCUT2D eigenvalue weighted by atomic mass is 35.5. The Labute approximate surface area is 97.9 Å². The van der Waals surface area contributed by atoms with E-state index in [9.17, 15) is 10.2 Å². The predicted molar refractivity (Wildman–Crippen MR) is 57.0 cm³/mol. The van der Waals surface area contributed by atoms with Crippen LogP contribution in [0.15, 0.2) is 12.3 Å². The highest BCUT2D eigenvalue weighted by molar-refractivity contribution is 6.31. The van der Waals surface area contributed by atoms with E-state index in [1.54, 1.807) is 6.07 Å². The van der Waals surface area contributed by atoms with E-state index in [-0.39, 0.29) is 17.3 Å². The number of aromatic nitrogens is 1. The lowest BCUT2D eigenvalue weighted by Crippen LogP contribution is -2.17. The Bertz CT molecular complexity index is 406. The first kappa shape index (κ1) is 12.7. The van der Waals surface area contributed by atoms with Crippen molar-refractivity contribution in [1.82, 2.24) is 4.98 Å². The van der Waals surface area contributed by atoms with E-state index < -0.39 is 12.2 Å². The van der Waals surface area contributed by atoms with E-state index >= 15 is 0 Å². The number of methoxy groups -OCH3 is 1. The number of aliphatic hydroxyl groups excluding tert-OH is 2. The van der Waals surface area contributed by atoms with E-state index in [0.717, 1.165) is 0 Å². The number of aliphatic hydroxyl groups is 2. The van der Waals surface area contributed by atoms with E-state index in [2.05, 4.69) is 4.98 Å². The monoisotopic (exact) mass is 242 g/mol. The molecule has 1 aromatic rings. The SMILES string of the molecule is COc1ncc(C(O)C(O)CC#N)cc1Cl. The number of hydrogen-bond acceptors (Lipinski definition) is 5. The van der Waals surface area contributed by atoms with Crippen LogP contribution < -0.4 is 4.74 Å². The molecule has 0 aliphatic heterocycles. The number of nitriles is 1. The van der Waals surface area contributed by atoms with Crippen molar-refractivity contribution in [3.05, 3.63) is 22.8 Å². The Kier molecular flexibility index (Phi) is 4.50. The van der Waals surface area contributed by atoms with Crippen LogP contribution in [0.2, 0.25) is 5.02 Å². The van der Waals surface area contributed by atoms with Gasteiger partial charge in [-0.3, -0.25) is 0 Å². The molecule has 86 valence electrons. The first-order valence-corrected chi connectivity index (χ1v) is 4.90. The van der Waals surface area contributed by atoms with Crippen LogP contribution in [0.1, 0.15) is 18.1 Å². The summed E-state index contributed by atoms with van der Waals surface area (Å²) < 4.78 is 4.85. The molecule has 16 heavy (non-hydrogen) atoms. The van der Waals surface area contributed by atoms with Gasteiger partial charge in [0.25, 0.3) is 0 Å². The normalized spacial score (nSPS) is 13.9. The average Bonchev–Trinajstić information content (AvgIpc) is 2.28. The molecule has 6 heteroatoms. The maximum atomic E-state index is 9.67. The van der Waals surface area contributed by atoms with Gasteiger partial charge >= 0.3 is 0 Å². The van der Waals surface area contributed by atoms with Crippen LogP contribution in [0.3, 0.4) is 0 Å². The molecule has 1 aromatic heterocycles. The van der Waals surface area contributed by atoms with Gasteiger partial charge in [-0.15, -0.1) is 0 Å². The Morgan fingerprint density at radius 3 is 2.81 bits per heavy atom. The van der Waals surface area contributed by atoms with Gasteiger partial charge in [0.15, 0.2) is 0 Å². The van der Waals surface area contributed by atoms with Crippen molar-refractivity contribution >= 4 is 11.6 Å². The molecule has 0 radical (unpaired) electrons. The second-order valence-corrected chi connectivity index (χ2v) is 3.54. The van der Waals surface area contributed by atoms with Crippen molar-refractivity contribution < 1.29 is 14.9 Å². The number of rotatable bonds is 4. The van der Waals surface area contributed by atoms with Gasteiger partial charge in [-0.25, -0.2) is 4.98 Å². The molecule has 1 rings (SSSR count). The van der Waals surface area contributed by atoms with Crippen LogP contribution in [-0.2, 0) is 0 Å². The minimum Gasteiger partial charge on any atom is -0.480 e. The first-order valence-electron chi connectivity index (χ1n) is 4.52. The van der Waals surface area contributed by atoms with Crippen molar-refractivity contribution in [1.29, 1.82) is 5.26 Å². The molecule has 2 unspecified atom stereocenters. The zero-order chi connectivity index (χ0) is 12.1. The van der Waals surface area contributed by atoms with Gasteiger partial charge in [0.05, 0.1) is 25.7 Å².